The molecule has 0 aliphatic carbocycles. The number of carbonyl (C=O) groups excluding carboxylic acids is 5. The van der Waals surface area contributed by atoms with Crippen molar-refractivity contribution in [1.82, 2.24) is 15.2 Å². The molecule has 254 valence electrons. The second-order valence-electron chi connectivity index (χ2n) is 13.9. The minimum Gasteiger partial charge on any atom is -0.458 e. The number of hydrogen-bond acceptors (Lipinski definition) is 8. The van der Waals surface area contributed by atoms with Crippen LogP contribution in [0.2, 0.25) is 0 Å². The Kier molecular flexibility index (Phi) is 9.84. The summed E-state index contributed by atoms with van der Waals surface area (Å²) < 4.78 is 10.9. The van der Waals surface area contributed by atoms with Crippen molar-refractivity contribution in [2.24, 2.45) is 0 Å². The maximum absolute atomic E-state index is 14.0. The first kappa shape index (κ1) is 34.7. The van der Waals surface area contributed by atoms with Gasteiger partial charge in [0.15, 0.2) is 0 Å². The van der Waals surface area contributed by atoms with Crippen LogP contribution in [0.1, 0.15) is 73.4 Å². The molecular formula is C38H40N4O7. The first-order valence-electron chi connectivity index (χ1n) is 16.0. The summed E-state index contributed by atoms with van der Waals surface area (Å²) in [5, 5.41) is 6.34. The van der Waals surface area contributed by atoms with Crippen LogP contribution in [0.15, 0.2) is 85.1 Å². The van der Waals surface area contributed by atoms with E-state index in [4.69, 9.17) is 9.47 Å². The number of amides is 4. The van der Waals surface area contributed by atoms with Gasteiger partial charge in [-0.1, -0.05) is 54.6 Å². The van der Waals surface area contributed by atoms with Gasteiger partial charge in [0.25, 0.3) is 11.8 Å². The summed E-state index contributed by atoms with van der Waals surface area (Å²) in [5.74, 6) is -2.28. The predicted octanol–water partition coefficient (Wildman–Crippen LogP) is 5.86. The summed E-state index contributed by atoms with van der Waals surface area (Å²) in [7, 11) is 0. The Morgan fingerprint density at radius 1 is 0.735 bits per heavy atom. The highest BCUT2D eigenvalue weighted by molar-refractivity contribution is 6.23. The average molecular weight is 665 g/mol. The lowest BCUT2D eigenvalue weighted by atomic mass is 9.99. The number of carbonyl (C=O) groups is 5. The molecule has 0 unspecified atom stereocenters. The molecule has 2 atom stereocenters. The first-order valence-corrected chi connectivity index (χ1v) is 16.0. The maximum Gasteiger partial charge on any atom is 0.408 e. The molecule has 0 saturated carbocycles. The monoisotopic (exact) mass is 664 g/mol. The van der Waals surface area contributed by atoms with Gasteiger partial charge in [-0.05, 0) is 76.9 Å². The third-order valence-corrected chi connectivity index (χ3v) is 7.60. The van der Waals surface area contributed by atoms with E-state index in [0.29, 0.717) is 22.3 Å². The number of pyridine rings is 1. The number of hydrogen-bond donors (Lipinski definition) is 2. The van der Waals surface area contributed by atoms with Crippen molar-refractivity contribution in [3.05, 3.63) is 107 Å². The topological polar surface area (TPSA) is 144 Å². The summed E-state index contributed by atoms with van der Waals surface area (Å²) in [6.45, 7) is 10.4. The fourth-order valence-electron chi connectivity index (χ4n) is 5.50. The van der Waals surface area contributed by atoms with Crippen LogP contribution in [0.4, 0.5) is 10.5 Å². The number of benzene rings is 3. The Morgan fingerprint density at radius 3 is 1.90 bits per heavy atom. The fraction of sp³-hybridized carbons (Fsp3) is 0.316. The molecular weight excluding hydrogens is 624 g/mol. The molecule has 0 bridgehead atoms. The SMILES string of the molecule is CC(C)(C)OC(=O)N[C@@H](Cc1ccc(C[C@@H](C(=O)Nc2cccc3cccnc23)N2C(=O)c3ccccc3C2=O)cc1)C(=O)OC(C)(C)C. The van der Waals surface area contributed by atoms with Crippen molar-refractivity contribution in [1.29, 1.82) is 0 Å². The fourth-order valence-corrected chi connectivity index (χ4v) is 5.50. The first-order chi connectivity index (χ1) is 23.1. The Balaban J connectivity index is 1.40. The Labute approximate surface area is 285 Å². The van der Waals surface area contributed by atoms with Gasteiger partial charge in [-0.2, -0.15) is 0 Å². The van der Waals surface area contributed by atoms with E-state index in [1.807, 2.05) is 12.1 Å². The smallest absolute Gasteiger partial charge is 0.408 e. The lowest BCUT2D eigenvalue weighted by molar-refractivity contribution is -0.157. The molecule has 11 nitrogen and oxygen atoms in total. The maximum atomic E-state index is 14.0. The Hall–Kier alpha value is -5.58. The lowest BCUT2D eigenvalue weighted by Gasteiger charge is -2.27. The van der Waals surface area contributed by atoms with Crippen LogP contribution in [0.25, 0.3) is 10.9 Å². The molecule has 0 radical (unpaired) electrons. The van der Waals surface area contributed by atoms with Crippen molar-refractivity contribution in [3.8, 4) is 0 Å². The summed E-state index contributed by atoms with van der Waals surface area (Å²) in [6, 6.07) is 20.3. The van der Waals surface area contributed by atoms with Gasteiger partial charge in [-0.3, -0.25) is 24.3 Å². The number of nitrogens with one attached hydrogen (secondary N) is 2. The molecule has 4 aromatic rings. The number of ether oxygens (including phenoxy) is 2. The number of para-hydroxylation sites is 1. The van der Waals surface area contributed by atoms with Crippen molar-refractivity contribution >= 4 is 46.4 Å². The highest BCUT2D eigenvalue weighted by atomic mass is 16.6. The van der Waals surface area contributed by atoms with E-state index in [2.05, 4.69) is 15.6 Å². The molecule has 11 heteroatoms. The molecule has 1 aromatic heterocycles. The minimum atomic E-state index is -1.19. The molecule has 1 aliphatic heterocycles. The average Bonchev–Trinajstić information content (AvgIpc) is 3.27. The lowest BCUT2D eigenvalue weighted by Crippen LogP contribution is -2.48. The zero-order valence-electron chi connectivity index (χ0n) is 28.4. The third kappa shape index (κ3) is 8.48. The molecule has 0 fully saturated rings. The van der Waals surface area contributed by atoms with Gasteiger partial charge in [0, 0.05) is 24.4 Å². The van der Waals surface area contributed by atoms with Gasteiger partial charge in [0.2, 0.25) is 5.91 Å². The zero-order valence-corrected chi connectivity index (χ0v) is 28.4. The van der Waals surface area contributed by atoms with Crippen LogP contribution < -0.4 is 10.6 Å². The van der Waals surface area contributed by atoms with Crippen molar-refractivity contribution < 1.29 is 33.4 Å². The minimum absolute atomic E-state index is 0.0153. The standard InChI is InChI=1S/C38H40N4O7/c1-37(2,3)48-35(46)29(41-36(47)49-38(4,5)6)21-23-16-18-24(19-17-23)22-30(42-33(44)26-13-7-8-14-27(26)34(42)45)32(43)40-28-15-9-11-25-12-10-20-39-31(25)28/h7-20,29-30H,21-22H2,1-6H3,(H,40,43)(H,41,47)/t29-,30-/m0/s1. The van der Waals surface area contributed by atoms with Crippen molar-refractivity contribution in [2.45, 2.75) is 77.7 Å². The predicted molar refractivity (Wildman–Crippen MR) is 184 cm³/mol. The third-order valence-electron chi connectivity index (χ3n) is 7.60. The van der Waals surface area contributed by atoms with E-state index in [1.54, 1.807) is 114 Å². The highest BCUT2D eigenvalue weighted by Crippen LogP contribution is 2.28. The van der Waals surface area contributed by atoms with Crippen LogP contribution in [-0.4, -0.2) is 63.0 Å². The number of rotatable bonds is 9. The van der Waals surface area contributed by atoms with Gasteiger partial charge in [-0.25, -0.2) is 9.59 Å². The van der Waals surface area contributed by atoms with Crippen LogP contribution >= 0.6 is 0 Å². The normalized spacial score (nSPS) is 14.2. The second-order valence-corrected chi connectivity index (χ2v) is 13.9. The number of nitrogens with zero attached hydrogens (tertiary/aromatic N) is 2. The van der Waals surface area contributed by atoms with E-state index in [1.165, 1.54) is 0 Å². The Morgan fingerprint density at radius 2 is 1.31 bits per heavy atom. The van der Waals surface area contributed by atoms with Gasteiger partial charge < -0.3 is 20.1 Å². The summed E-state index contributed by atoms with van der Waals surface area (Å²) in [5.41, 5.74) is 1.29. The number of aromatic nitrogens is 1. The van der Waals surface area contributed by atoms with E-state index < -0.39 is 53.1 Å². The molecule has 4 amide bonds. The van der Waals surface area contributed by atoms with E-state index >= 15 is 0 Å². The van der Waals surface area contributed by atoms with E-state index in [0.717, 1.165) is 10.3 Å². The summed E-state index contributed by atoms with van der Waals surface area (Å²) in [6.07, 6.45) is 0.986. The van der Waals surface area contributed by atoms with Crippen LogP contribution in [-0.2, 0) is 31.9 Å². The molecule has 0 saturated heterocycles. The van der Waals surface area contributed by atoms with Gasteiger partial charge in [0.05, 0.1) is 22.3 Å². The number of alkyl carbamates (subject to hydrolysis) is 1. The van der Waals surface area contributed by atoms with Crippen LogP contribution in [0.5, 0.6) is 0 Å². The van der Waals surface area contributed by atoms with Gasteiger partial charge in [0.1, 0.15) is 23.3 Å². The molecule has 0 spiro atoms. The molecule has 2 N–H and O–H groups in total. The largest absolute Gasteiger partial charge is 0.458 e. The number of fused-ring (bicyclic) bond motifs is 2. The summed E-state index contributed by atoms with van der Waals surface area (Å²) in [4.78, 5) is 72.2. The molecule has 49 heavy (non-hydrogen) atoms. The molecule has 1 aliphatic rings. The Bertz CT molecular complexity index is 1870. The number of imide groups is 1. The number of esters is 1. The van der Waals surface area contributed by atoms with Crippen LogP contribution in [0.3, 0.4) is 0 Å². The zero-order chi connectivity index (χ0) is 35.5. The van der Waals surface area contributed by atoms with Gasteiger partial charge in [-0.15, -0.1) is 0 Å². The van der Waals surface area contributed by atoms with E-state index in [9.17, 15) is 24.0 Å². The molecule has 3 aromatic carbocycles. The van der Waals surface area contributed by atoms with E-state index in [-0.39, 0.29) is 24.0 Å². The summed E-state index contributed by atoms with van der Waals surface area (Å²) >= 11 is 0. The van der Waals surface area contributed by atoms with Crippen LogP contribution in [0, 0.1) is 0 Å². The quantitative estimate of drug-likeness (QED) is 0.167. The molecule has 5 rings (SSSR count). The van der Waals surface area contributed by atoms with Gasteiger partial charge >= 0.3 is 12.1 Å². The highest BCUT2D eigenvalue weighted by Gasteiger charge is 2.43. The van der Waals surface area contributed by atoms with Crippen molar-refractivity contribution in [3.63, 3.8) is 0 Å². The molecule has 2 heterocycles. The van der Waals surface area contributed by atoms with Crippen molar-refractivity contribution in [2.75, 3.05) is 5.32 Å². The number of anilines is 1. The second kappa shape index (κ2) is 13.9.